The zero-order valence-corrected chi connectivity index (χ0v) is 18.6. The molecule has 4 aromatic heterocycles. The van der Waals surface area contributed by atoms with Crippen molar-refractivity contribution < 1.29 is 0 Å². The Labute approximate surface area is 185 Å². The first-order chi connectivity index (χ1) is 15.6. The largest absolute Gasteiger partial charge is 0.367 e. The monoisotopic (exact) mass is 426 g/mol. The van der Waals surface area contributed by atoms with E-state index in [9.17, 15) is 0 Å². The average Bonchev–Trinajstić information content (AvgIpc) is 3.50. The summed E-state index contributed by atoms with van der Waals surface area (Å²) in [5, 5.41) is 10.1. The molecule has 8 heteroatoms. The number of rotatable bonds is 3. The maximum atomic E-state index is 4.66. The van der Waals surface area contributed by atoms with E-state index < -0.39 is 0 Å². The lowest BCUT2D eigenvalue weighted by atomic mass is 10.1. The molecule has 0 spiro atoms. The highest BCUT2D eigenvalue weighted by molar-refractivity contribution is 6.00. The van der Waals surface area contributed by atoms with Crippen molar-refractivity contribution in [1.82, 2.24) is 34.6 Å². The van der Waals surface area contributed by atoms with E-state index in [0.29, 0.717) is 0 Å². The van der Waals surface area contributed by atoms with Gasteiger partial charge in [0, 0.05) is 49.6 Å². The summed E-state index contributed by atoms with van der Waals surface area (Å²) in [6.07, 6.45) is 5.81. The van der Waals surface area contributed by atoms with Crippen molar-refractivity contribution in [3.63, 3.8) is 0 Å². The summed E-state index contributed by atoms with van der Waals surface area (Å²) in [6, 6.07) is 8.60. The van der Waals surface area contributed by atoms with Crippen LogP contribution in [0.5, 0.6) is 0 Å². The van der Waals surface area contributed by atoms with Gasteiger partial charge in [0.05, 0.1) is 46.7 Å². The zero-order chi connectivity index (χ0) is 21.8. The van der Waals surface area contributed by atoms with Crippen LogP contribution in [0, 0.1) is 6.92 Å². The van der Waals surface area contributed by atoms with Crippen LogP contribution in [0.4, 0.5) is 5.69 Å². The van der Waals surface area contributed by atoms with Gasteiger partial charge >= 0.3 is 0 Å². The van der Waals surface area contributed by atoms with Gasteiger partial charge in [-0.05, 0) is 32.2 Å². The lowest BCUT2D eigenvalue weighted by Crippen LogP contribution is -2.44. The molecule has 32 heavy (non-hydrogen) atoms. The molecule has 162 valence electrons. The second-order valence-electron chi connectivity index (χ2n) is 8.68. The molecule has 8 nitrogen and oxygen atoms in total. The number of aromatic amines is 2. The molecule has 0 radical (unpaired) electrons. The number of benzene rings is 1. The van der Waals surface area contributed by atoms with Gasteiger partial charge in [-0.25, -0.2) is 4.98 Å². The van der Waals surface area contributed by atoms with Crippen molar-refractivity contribution in [3.8, 4) is 22.6 Å². The first kappa shape index (κ1) is 19.1. The Morgan fingerprint density at radius 2 is 1.75 bits per heavy atom. The molecule has 0 unspecified atom stereocenters. The van der Waals surface area contributed by atoms with E-state index >= 15 is 0 Å². The summed E-state index contributed by atoms with van der Waals surface area (Å²) in [5.74, 6) is 0.993. The Morgan fingerprint density at radius 1 is 0.906 bits per heavy atom. The molecule has 0 saturated carbocycles. The van der Waals surface area contributed by atoms with Crippen LogP contribution in [0.2, 0.25) is 0 Å². The summed E-state index contributed by atoms with van der Waals surface area (Å²) in [5.41, 5.74) is 7.36. The lowest BCUT2D eigenvalue weighted by molar-refractivity contribution is 0.313. The summed E-state index contributed by atoms with van der Waals surface area (Å²) in [6.45, 7) is 6.16. The van der Waals surface area contributed by atoms with Gasteiger partial charge in [-0.2, -0.15) is 5.10 Å². The summed E-state index contributed by atoms with van der Waals surface area (Å²) >= 11 is 0. The predicted molar refractivity (Wildman–Crippen MR) is 128 cm³/mol. The van der Waals surface area contributed by atoms with E-state index in [0.717, 1.165) is 71.1 Å². The van der Waals surface area contributed by atoms with Gasteiger partial charge in [0.25, 0.3) is 0 Å². The van der Waals surface area contributed by atoms with E-state index in [1.54, 1.807) is 0 Å². The van der Waals surface area contributed by atoms with Gasteiger partial charge in [0.1, 0.15) is 11.5 Å². The number of hydrogen-bond acceptors (Lipinski definition) is 5. The summed E-state index contributed by atoms with van der Waals surface area (Å²) in [4.78, 5) is 17.3. The third-order valence-corrected chi connectivity index (χ3v) is 6.70. The number of hydrogen-bond donors (Lipinski definition) is 2. The molecule has 2 N–H and O–H groups in total. The Bertz CT molecular complexity index is 1430. The van der Waals surface area contributed by atoms with Crippen LogP contribution in [0.25, 0.3) is 44.5 Å². The molecule has 1 aliphatic rings. The quantitative estimate of drug-likeness (QED) is 0.461. The van der Waals surface area contributed by atoms with Gasteiger partial charge in [0.2, 0.25) is 0 Å². The second-order valence-corrected chi connectivity index (χ2v) is 8.68. The predicted octanol–water partition coefficient (Wildman–Crippen LogP) is 3.57. The van der Waals surface area contributed by atoms with Crippen molar-refractivity contribution in [3.05, 3.63) is 48.7 Å². The molecule has 1 fully saturated rings. The second kappa shape index (κ2) is 7.20. The Morgan fingerprint density at radius 3 is 2.53 bits per heavy atom. The minimum Gasteiger partial charge on any atom is -0.367 e. The van der Waals surface area contributed by atoms with Gasteiger partial charge in [-0.3, -0.25) is 10.1 Å². The molecule has 0 atom stereocenters. The highest BCUT2D eigenvalue weighted by Gasteiger charge is 2.19. The standard InChI is InChI=1S/C24H26N8/c1-15-26-14-22(31(15)3)16-4-5-19-18(10-16)24(29-28-19)20-11-17-21(27-20)12-25-13-23(17)32-8-6-30(2)7-9-32/h4-5,10-14,27H,6-9H2,1-3H3,(H,28,29). The lowest BCUT2D eigenvalue weighted by Gasteiger charge is -2.34. The molecule has 1 aromatic carbocycles. The van der Waals surface area contributed by atoms with E-state index in [4.69, 9.17) is 0 Å². The first-order valence-corrected chi connectivity index (χ1v) is 11.0. The number of aryl methyl sites for hydroxylation is 1. The molecule has 5 aromatic rings. The number of piperazine rings is 1. The average molecular weight is 427 g/mol. The number of fused-ring (bicyclic) bond motifs is 2. The number of H-pyrrole nitrogens is 2. The van der Waals surface area contributed by atoms with E-state index in [1.807, 2.05) is 32.6 Å². The number of imidazole rings is 1. The van der Waals surface area contributed by atoms with E-state index in [1.165, 1.54) is 11.1 Å². The Kier molecular flexibility index (Phi) is 4.29. The highest BCUT2D eigenvalue weighted by atomic mass is 15.3. The minimum atomic E-state index is 0.918. The third-order valence-electron chi connectivity index (χ3n) is 6.70. The fourth-order valence-electron chi connectivity index (χ4n) is 4.61. The Hall–Kier alpha value is -3.65. The maximum absolute atomic E-state index is 4.66. The zero-order valence-electron chi connectivity index (χ0n) is 18.6. The number of anilines is 1. The van der Waals surface area contributed by atoms with Crippen molar-refractivity contribution in [2.75, 3.05) is 38.1 Å². The van der Waals surface area contributed by atoms with Crippen LogP contribution in [-0.4, -0.2) is 67.8 Å². The number of nitrogens with one attached hydrogen (secondary N) is 2. The van der Waals surface area contributed by atoms with Crippen LogP contribution >= 0.6 is 0 Å². The summed E-state index contributed by atoms with van der Waals surface area (Å²) in [7, 11) is 4.22. The topological polar surface area (TPSA) is 81.7 Å². The smallest absolute Gasteiger partial charge is 0.116 e. The molecular formula is C24H26N8. The first-order valence-electron chi connectivity index (χ1n) is 11.0. The number of nitrogens with zero attached hydrogens (tertiary/aromatic N) is 6. The van der Waals surface area contributed by atoms with Gasteiger partial charge in [0.15, 0.2) is 0 Å². The molecule has 0 bridgehead atoms. The highest BCUT2D eigenvalue weighted by Crippen LogP contribution is 2.34. The molecule has 0 amide bonds. The molecule has 1 saturated heterocycles. The maximum Gasteiger partial charge on any atom is 0.116 e. The number of pyridine rings is 1. The normalized spacial score (nSPS) is 15.3. The van der Waals surface area contributed by atoms with Crippen molar-refractivity contribution in [1.29, 1.82) is 0 Å². The molecule has 1 aliphatic heterocycles. The third kappa shape index (κ3) is 2.98. The van der Waals surface area contributed by atoms with Crippen LogP contribution in [0.15, 0.2) is 42.9 Å². The molecular weight excluding hydrogens is 400 g/mol. The van der Waals surface area contributed by atoms with Crippen molar-refractivity contribution in [2.45, 2.75) is 6.92 Å². The molecule has 6 rings (SSSR count). The van der Waals surface area contributed by atoms with Crippen LogP contribution in [-0.2, 0) is 7.05 Å². The van der Waals surface area contributed by atoms with E-state index in [2.05, 4.69) is 70.8 Å². The van der Waals surface area contributed by atoms with E-state index in [-0.39, 0.29) is 0 Å². The molecule has 5 heterocycles. The van der Waals surface area contributed by atoms with Crippen LogP contribution in [0.1, 0.15) is 5.82 Å². The fourth-order valence-corrected chi connectivity index (χ4v) is 4.61. The van der Waals surface area contributed by atoms with Gasteiger partial charge in [-0.1, -0.05) is 6.07 Å². The van der Waals surface area contributed by atoms with Crippen molar-refractivity contribution >= 4 is 27.5 Å². The molecule has 0 aliphatic carbocycles. The Balaban J connectivity index is 1.45. The van der Waals surface area contributed by atoms with Gasteiger partial charge < -0.3 is 19.4 Å². The summed E-state index contributed by atoms with van der Waals surface area (Å²) < 4.78 is 2.11. The number of likely N-dealkylation sites (N-methyl/N-ethyl adjacent to an activating group) is 1. The fraction of sp³-hybridized carbons (Fsp3) is 0.292. The SMILES string of the molecule is Cc1ncc(-c2ccc3[nH]nc(-c4cc5c(N6CCN(C)CC6)cncc5[nH]4)c3c2)n1C. The van der Waals surface area contributed by atoms with Crippen molar-refractivity contribution in [2.24, 2.45) is 7.05 Å². The minimum absolute atomic E-state index is 0.918. The van der Waals surface area contributed by atoms with Crippen LogP contribution in [0.3, 0.4) is 0 Å². The number of aromatic nitrogens is 6. The van der Waals surface area contributed by atoms with Crippen LogP contribution < -0.4 is 4.90 Å². The van der Waals surface area contributed by atoms with Gasteiger partial charge in [-0.15, -0.1) is 0 Å².